The van der Waals surface area contributed by atoms with Crippen LogP contribution in [-0.4, -0.2) is 10.1 Å². The van der Waals surface area contributed by atoms with E-state index in [9.17, 15) is 9.90 Å². The van der Waals surface area contributed by atoms with Gasteiger partial charge in [-0.05, 0) is 12.8 Å². The second-order valence-electron chi connectivity index (χ2n) is 3.56. The molecule has 2 N–H and O–H groups in total. The number of rotatable bonds is 1. The smallest absolute Gasteiger partial charge is 0.419 e. The Labute approximate surface area is 75.6 Å². The van der Waals surface area contributed by atoms with Crippen LogP contribution >= 0.6 is 0 Å². The summed E-state index contributed by atoms with van der Waals surface area (Å²) < 4.78 is 4.89. The zero-order valence-corrected chi connectivity index (χ0v) is 7.38. The number of H-pyrrole nitrogens is 1. The lowest BCUT2D eigenvalue weighted by molar-refractivity contribution is 0.343. The van der Waals surface area contributed by atoms with Crippen LogP contribution in [0.3, 0.4) is 0 Å². The van der Waals surface area contributed by atoms with Crippen molar-refractivity contribution in [2.45, 2.75) is 38.0 Å². The lowest BCUT2D eigenvalue weighted by Gasteiger charge is -2.18. The third-order valence-corrected chi connectivity index (χ3v) is 2.63. The van der Waals surface area contributed by atoms with E-state index in [4.69, 9.17) is 4.42 Å². The van der Waals surface area contributed by atoms with Crippen LogP contribution in [0.5, 0.6) is 5.88 Å². The van der Waals surface area contributed by atoms with Crippen molar-refractivity contribution in [3.8, 4) is 5.88 Å². The molecule has 0 unspecified atom stereocenters. The van der Waals surface area contributed by atoms with Crippen molar-refractivity contribution in [2.24, 2.45) is 0 Å². The van der Waals surface area contributed by atoms with Crippen LogP contribution < -0.4 is 5.76 Å². The monoisotopic (exact) mass is 183 g/mol. The van der Waals surface area contributed by atoms with Crippen LogP contribution in [0.1, 0.15) is 43.8 Å². The fourth-order valence-electron chi connectivity index (χ4n) is 1.97. The Hall–Kier alpha value is -1.19. The van der Waals surface area contributed by atoms with E-state index in [1.807, 2.05) is 0 Å². The number of nitrogens with one attached hydrogen (secondary N) is 1. The highest BCUT2D eigenvalue weighted by atomic mass is 16.4. The third kappa shape index (κ3) is 1.61. The molecule has 13 heavy (non-hydrogen) atoms. The predicted octanol–water partition coefficient (Wildman–Crippen LogP) is 1.72. The lowest BCUT2D eigenvalue weighted by Crippen LogP contribution is -2.03. The molecule has 1 aliphatic rings. The molecule has 1 fully saturated rings. The van der Waals surface area contributed by atoms with E-state index >= 15 is 0 Å². The largest absolute Gasteiger partial charge is 0.492 e. The van der Waals surface area contributed by atoms with E-state index < -0.39 is 5.76 Å². The second kappa shape index (κ2) is 3.28. The molecular weight excluding hydrogens is 170 g/mol. The Morgan fingerprint density at radius 3 is 2.54 bits per heavy atom. The first-order valence-electron chi connectivity index (χ1n) is 4.69. The third-order valence-electron chi connectivity index (χ3n) is 2.63. The molecule has 2 rings (SSSR count). The number of hydrogen-bond donors (Lipinski definition) is 2. The summed E-state index contributed by atoms with van der Waals surface area (Å²) in [5.74, 6) is 0.0346. The van der Waals surface area contributed by atoms with Gasteiger partial charge in [0.25, 0.3) is 0 Å². The summed E-state index contributed by atoms with van der Waals surface area (Å²) in [6, 6.07) is 0. The molecule has 1 saturated carbocycles. The molecule has 1 aromatic heterocycles. The van der Waals surface area contributed by atoms with E-state index in [0.717, 1.165) is 25.7 Å². The SMILES string of the molecule is O=c1[nH]c(O)c(C2CCCCC2)o1. The highest BCUT2D eigenvalue weighted by molar-refractivity contribution is 5.17. The molecule has 0 aromatic carbocycles. The van der Waals surface area contributed by atoms with Crippen molar-refractivity contribution < 1.29 is 9.52 Å². The lowest BCUT2D eigenvalue weighted by atomic mass is 9.88. The number of oxazole rings is 1. The first kappa shape index (κ1) is 8.41. The quantitative estimate of drug-likeness (QED) is 0.696. The fraction of sp³-hybridized carbons (Fsp3) is 0.667. The van der Waals surface area contributed by atoms with Crippen LogP contribution in [0.15, 0.2) is 9.21 Å². The fourth-order valence-corrected chi connectivity index (χ4v) is 1.97. The maximum atomic E-state index is 10.8. The van der Waals surface area contributed by atoms with E-state index in [-0.39, 0.29) is 11.8 Å². The van der Waals surface area contributed by atoms with Gasteiger partial charge in [0.05, 0.1) is 0 Å². The Balaban J connectivity index is 2.23. The molecule has 1 aliphatic carbocycles. The normalized spacial score (nSPS) is 19.1. The van der Waals surface area contributed by atoms with E-state index in [1.165, 1.54) is 6.42 Å². The van der Waals surface area contributed by atoms with E-state index in [0.29, 0.717) is 5.76 Å². The van der Waals surface area contributed by atoms with Gasteiger partial charge in [-0.15, -0.1) is 0 Å². The molecule has 0 radical (unpaired) electrons. The minimum atomic E-state index is -0.557. The first-order valence-corrected chi connectivity index (χ1v) is 4.69. The van der Waals surface area contributed by atoms with Crippen LogP contribution in [-0.2, 0) is 0 Å². The van der Waals surface area contributed by atoms with Crippen LogP contribution in [0.2, 0.25) is 0 Å². The zero-order chi connectivity index (χ0) is 9.26. The van der Waals surface area contributed by atoms with Crippen molar-refractivity contribution in [1.29, 1.82) is 0 Å². The molecule has 1 aromatic rings. The summed E-state index contributed by atoms with van der Waals surface area (Å²) in [5, 5.41) is 9.33. The van der Waals surface area contributed by atoms with Gasteiger partial charge < -0.3 is 9.52 Å². The van der Waals surface area contributed by atoms with E-state index in [1.54, 1.807) is 0 Å². The van der Waals surface area contributed by atoms with Gasteiger partial charge in [-0.2, -0.15) is 0 Å². The van der Waals surface area contributed by atoms with Crippen molar-refractivity contribution in [2.75, 3.05) is 0 Å². The van der Waals surface area contributed by atoms with Gasteiger partial charge in [0.15, 0.2) is 5.76 Å². The minimum absolute atomic E-state index is 0.0862. The number of aromatic nitrogens is 1. The van der Waals surface area contributed by atoms with Gasteiger partial charge in [0.2, 0.25) is 5.88 Å². The summed E-state index contributed by atoms with van der Waals surface area (Å²) in [7, 11) is 0. The Morgan fingerprint density at radius 2 is 2.00 bits per heavy atom. The molecule has 0 aliphatic heterocycles. The van der Waals surface area contributed by atoms with Crippen LogP contribution in [0.4, 0.5) is 0 Å². The second-order valence-corrected chi connectivity index (χ2v) is 3.56. The molecular formula is C9H13NO3. The topological polar surface area (TPSA) is 66.2 Å². The molecule has 4 heteroatoms. The highest BCUT2D eigenvalue weighted by Crippen LogP contribution is 2.35. The summed E-state index contributed by atoms with van der Waals surface area (Å²) in [6.45, 7) is 0. The maximum Gasteiger partial charge on any atom is 0.419 e. The van der Waals surface area contributed by atoms with Crippen molar-refractivity contribution in [3.63, 3.8) is 0 Å². The van der Waals surface area contributed by atoms with Gasteiger partial charge in [-0.25, -0.2) is 4.79 Å². The summed E-state index contributed by atoms with van der Waals surface area (Å²) in [4.78, 5) is 13.0. The van der Waals surface area contributed by atoms with Gasteiger partial charge >= 0.3 is 5.76 Å². The Bertz CT molecular complexity index is 333. The highest BCUT2D eigenvalue weighted by Gasteiger charge is 2.22. The standard InChI is InChI=1S/C9H13NO3/c11-8-7(13-9(12)10-8)6-4-2-1-3-5-6/h6,11H,1-5H2,(H,10,12). The Kier molecular flexibility index (Phi) is 2.12. The number of hydrogen-bond acceptors (Lipinski definition) is 3. The van der Waals surface area contributed by atoms with Gasteiger partial charge in [0, 0.05) is 5.92 Å². The maximum absolute atomic E-state index is 10.8. The molecule has 0 saturated heterocycles. The Morgan fingerprint density at radius 1 is 1.31 bits per heavy atom. The molecule has 0 atom stereocenters. The number of aromatic amines is 1. The molecule has 4 nitrogen and oxygen atoms in total. The number of aromatic hydroxyl groups is 1. The summed E-state index contributed by atoms with van der Waals surface area (Å²) in [6.07, 6.45) is 5.56. The van der Waals surface area contributed by atoms with Crippen LogP contribution in [0.25, 0.3) is 0 Å². The predicted molar refractivity (Wildman–Crippen MR) is 46.8 cm³/mol. The average molecular weight is 183 g/mol. The molecule has 0 spiro atoms. The summed E-state index contributed by atoms with van der Waals surface area (Å²) in [5.41, 5.74) is 0. The first-order chi connectivity index (χ1) is 6.27. The molecule has 0 amide bonds. The van der Waals surface area contributed by atoms with Crippen LogP contribution in [0, 0.1) is 0 Å². The average Bonchev–Trinajstić information content (AvgIpc) is 2.47. The zero-order valence-electron chi connectivity index (χ0n) is 7.38. The molecule has 72 valence electrons. The van der Waals surface area contributed by atoms with Gasteiger partial charge in [-0.3, -0.25) is 4.98 Å². The van der Waals surface area contributed by atoms with E-state index in [2.05, 4.69) is 4.98 Å². The van der Waals surface area contributed by atoms with Crippen molar-refractivity contribution in [1.82, 2.24) is 4.98 Å². The molecule has 1 heterocycles. The molecule has 0 bridgehead atoms. The van der Waals surface area contributed by atoms with Crippen molar-refractivity contribution >= 4 is 0 Å². The van der Waals surface area contributed by atoms with Crippen molar-refractivity contribution in [3.05, 3.63) is 16.3 Å². The van der Waals surface area contributed by atoms with Gasteiger partial charge in [0.1, 0.15) is 0 Å². The van der Waals surface area contributed by atoms with Gasteiger partial charge in [-0.1, -0.05) is 19.3 Å². The summed E-state index contributed by atoms with van der Waals surface area (Å²) >= 11 is 0. The minimum Gasteiger partial charge on any atom is -0.492 e.